The number of nitrogens with zero attached hydrogens (tertiary/aromatic N) is 1. The smallest absolute Gasteiger partial charge is 0.260 e. The molecule has 28 heavy (non-hydrogen) atoms. The number of rotatable bonds is 3. The van der Waals surface area contributed by atoms with E-state index in [1.165, 1.54) is 0 Å². The van der Waals surface area contributed by atoms with Gasteiger partial charge in [0.05, 0.1) is 16.6 Å². The fraction of sp³-hybridized carbons (Fsp3) is 0.174. The first-order valence-corrected chi connectivity index (χ1v) is 9.99. The highest BCUT2D eigenvalue weighted by molar-refractivity contribution is 6.37. The van der Waals surface area contributed by atoms with Gasteiger partial charge in [-0.25, -0.2) is 0 Å². The zero-order valence-corrected chi connectivity index (χ0v) is 16.9. The average molecular weight is 411 g/mol. The average Bonchev–Trinajstić information content (AvgIpc) is 2.68. The number of halogens is 2. The molecule has 1 heterocycles. The summed E-state index contributed by atoms with van der Waals surface area (Å²) >= 11 is 12.3. The molecule has 3 nitrogen and oxygen atoms in total. The predicted octanol–water partition coefficient (Wildman–Crippen LogP) is 6.59. The summed E-state index contributed by atoms with van der Waals surface area (Å²) in [6, 6.07) is 23.3. The van der Waals surface area contributed by atoms with Gasteiger partial charge in [0.15, 0.2) is 0 Å². The molecule has 3 aromatic rings. The SMILES string of the molecule is C[C@@H]1C[C@@H](Nc2ccccc2)c2ccccc2N1C(=O)c1ccc(Cl)cc1Cl. The first kappa shape index (κ1) is 18.9. The summed E-state index contributed by atoms with van der Waals surface area (Å²) in [7, 11) is 0. The van der Waals surface area contributed by atoms with Crippen LogP contribution in [0.3, 0.4) is 0 Å². The molecule has 142 valence electrons. The molecular weight excluding hydrogens is 391 g/mol. The quantitative estimate of drug-likeness (QED) is 0.528. The third-order valence-electron chi connectivity index (χ3n) is 5.08. The molecule has 3 aromatic carbocycles. The summed E-state index contributed by atoms with van der Waals surface area (Å²) in [4.78, 5) is 15.2. The first-order chi connectivity index (χ1) is 13.5. The van der Waals surface area contributed by atoms with Crippen LogP contribution >= 0.6 is 23.2 Å². The van der Waals surface area contributed by atoms with Crippen molar-refractivity contribution < 1.29 is 4.79 Å². The highest BCUT2D eigenvalue weighted by atomic mass is 35.5. The largest absolute Gasteiger partial charge is 0.378 e. The van der Waals surface area contributed by atoms with Crippen LogP contribution < -0.4 is 10.2 Å². The van der Waals surface area contributed by atoms with Crippen LogP contribution in [0.5, 0.6) is 0 Å². The molecule has 0 radical (unpaired) electrons. The zero-order valence-electron chi connectivity index (χ0n) is 15.4. The van der Waals surface area contributed by atoms with Crippen LogP contribution in [0.15, 0.2) is 72.8 Å². The third-order valence-corrected chi connectivity index (χ3v) is 5.63. The van der Waals surface area contributed by atoms with Crippen LogP contribution in [-0.2, 0) is 0 Å². The number of para-hydroxylation sites is 2. The minimum Gasteiger partial charge on any atom is -0.378 e. The number of amides is 1. The topological polar surface area (TPSA) is 32.3 Å². The van der Waals surface area contributed by atoms with Gasteiger partial charge in [0.25, 0.3) is 5.91 Å². The summed E-state index contributed by atoms with van der Waals surface area (Å²) in [5, 5.41) is 4.49. The van der Waals surface area contributed by atoms with Gasteiger partial charge < -0.3 is 10.2 Å². The van der Waals surface area contributed by atoms with Crippen LogP contribution in [-0.4, -0.2) is 11.9 Å². The fourth-order valence-electron chi connectivity index (χ4n) is 3.79. The highest BCUT2D eigenvalue weighted by Crippen LogP contribution is 2.40. The Bertz CT molecular complexity index is 1010. The lowest BCUT2D eigenvalue weighted by Crippen LogP contribution is -2.44. The lowest BCUT2D eigenvalue weighted by Gasteiger charge is -2.40. The summed E-state index contributed by atoms with van der Waals surface area (Å²) < 4.78 is 0. The Labute approximate surface area is 174 Å². The van der Waals surface area contributed by atoms with Crippen LogP contribution in [0.1, 0.15) is 35.3 Å². The van der Waals surface area contributed by atoms with E-state index >= 15 is 0 Å². The van der Waals surface area contributed by atoms with Crippen LogP contribution in [0, 0.1) is 0 Å². The monoisotopic (exact) mass is 410 g/mol. The van der Waals surface area contributed by atoms with Crippen molar-refractivity contribution >= 4 is 40.5 Å². The summed E-state index contributed by atoms with van der Waals surface area (Å²) in [6.45, 7) is 2.07. The number of hydrogen-bond donors (Lipinski definition) is 1. The van der Waals surface area contributed by atoms with Gasteiger partial charge in [0, 0.05) is 22.4 Å². The van der Waals surface area contributed by atoms with E-state index in [9.17, 15) is 4.79 Å². The van der Waals surface area contributed by atoms with E-state index in [0.717, 1.165) is 23.4 Å². The first-order valence-electron chi connectivity index (χ1n) is 9.23. The van der Waals surface area contributed by atoms with Crippen molar-refractivity contribution in [3.63, 3.8) is 0 Å². The third kappa shape index (κ3) is 3.60. The molecule has 1 aliphatic rings. The standard InChI is InChI=1S/C23H20Cl2N2O/c1-15-13-21(26-17-7-3-2-4-8-17)19-9-5-6-10-22(19)27(15)23(28)18-12-11-16(24)14-20(18)25/h2-12,14-15,21,26H,13H2,1H3/t15-,21-/m1/s1. The molecule has 1 N–H and O–H groups in total. The van der Waals surface area contributed by atoms with Gasteiger partial charge in [-0.05, 0) is 55.3 Å². The predicted molar refractivity (Wildman–Crippen MR) is 117 cm³/mol. The Morgan fingerprint density at radius 3 is 2.46 bits per heavy atom. The van der Waals surface area contributed by atoms with E-state index in [4.69, 9.17) is 23.2 Å². The fourth-order valence-corrected chi connectivity index (χ4v) is 4.28. The Hall–Kier alpha value is -2.49. The van der Waals surface area contributed by atoms with Gasteiger partial charge in [-0.15, -0.1) is 0 Å². The molecule has 0 bridgehead atoms. The molecule has 5 heteroatoms. The van der Waals surface area contributed by atoms with Gasteiger partial charge in [-0.1, -0.05) is 59.6 Å². The molecular formula is C23H20Cl2N2O. The molecule has 0 unspecified atom stereocenters. The van der Waals surface area contributed by atoms with Gasteiger partial charge in [-0.2, -0.15) is 0 Å². The number of carbonyl (C=O) groups excluding carboxylic acids is 1. The number of anilines is 2. The van der Waals surface area contributed by atoms with Crippen molar-refractivity contribution in [3.8, 4) is 0 Å². The van der Waals surface area contributed by atoms with Gasteiger partial charge in [0.2, 0.25) is 0 Å². The lowest BCUT2D eigenvalue weighted by atomic mass is 9.90. The van der Waals surface area contributed by atoms with Crippen molar-refractivity contribution in [3.05, 3.63) is 94.0 Å². The second-order valence-corrected chi connectivity index (χ2v) is 7.85. The van der Waals surface area contributed by atoms with E-state index in [1.807, 2.05) is 41.3 Å². The number of benzene rings is 3. The normalized spacial score (nSPS) is 18.5. The molecule has 0 spiro atoms. The number of fused-ring (bicyclic) bond motifs is 1. The van der Waals surface area contributed by atoms with Crippen molar-refractivity contribution in [1.29, 1.82) is 0 Å². The maximum Gasteiger partial charge on any atom is 0.260 e. The number of carbonyl (C=O) groups is 1. The van der Waals surface area contributed by atoms with E-state index in [1.54, 1.807) is 18.2 Å². The van der Waals surface area contributed by atoms with Crippen molar-refractivity contribution in [2.45, 2.75) is 25.4 Å². The molecule has 4 rings (SSSR count). The zero-order chi connectivity index (χ0) is 19.7. The molecule has 0 aromatic heterocycles. The minimum atomic E-state index is -0.111. The summed E-state index contributed by atoms with van der Waals surface area (Å²) in [5.41, 5.74) is 3.53. The van der Waals surface area contributed by atoms with Crippen LogP contribution in [0.25, 0.3) is 0 Å². The lowest BCUT2D eigenvalue weighted by molar-refractivity contribution is 0.0974. The van der Waals surface area contributed by atoms with Crippen LogP contribution in [0.4, 0.5) is 11.4 Å². The van der Waals surface area contributed by atoms with Gasteiger partial charge in [-0.3, -0.25) is 4.79 Å². The molecule has 0 fully saturated rings. The molecule has 1 aliphatic heterocycles. The van der Waals surface area contributed by atoms with Crippen molar-refractivity contribution in [1.82, 2.24) is 0 Å². The minimum absolute atomic E-state index is 0.00959. The van der Waals surface area contributed by atoms with Crippen molar-refractivity contribution in [2.24, 2.45) is 0 Å². The number of nitrogens with one attached hydrogen (secondary N) is 1. The maximum atomic E-state index is 13.3. The van der Waals surface area contributed by atoms with Gasteiger partial charge >= 0.3 is 0 Å². The molecule has 2 atom stereocenters. The Morgan fingerprint density at radius 1 is 1.00 bits per heavy atom. The van der Waals surface area contributed by atoms with E-state index in [2.05, 4.69) is 30.4 Å². The summed E-state index contributed by atoms with van der Waals surface area (Å²) in [6.07, 6.45) is 0.795. The van der Waals surface area contributed by atoms with Crippen molar-refractivity contribution in [2.75, 3.05) is 10.2 Å². The van der Waals surface area contributed by atoms with Crippen LogP contribution in [0.2, 0.25) is 10.0 Å². The second-order valence-electron chi connectivity index (χ2n) is 7.01. The Kier molecular flexibility index (Phi) is 5.29. The highest BCUT2D eigenvalue weighted by Gasteiger charge is 2.34. The molecule has 0 aliphatic carbocycles. The maximum absolute atomic E-state index is 13.3. The number of hydrogen-bond acceptors (Lipinski definition) is 2. The molecule has 0 saturated heterocycles. The van der Waals surface area contributed by atoms with E-state index in [-0.39, 0.29) is 18.0 Å². The Morgan fingerprint density at radius 2 is 1.71 bits per heavy atom. The molecule has 0 saturated carbocycles. The van der Waals surface area contributed by atoms with E-state index in [0.29, 0.717) is 15.6 Å². The molecule has 1 amide bonds. The Balaban J connectivity index is 1.71. The van der Waals surface area contributed by atoms with Gasteiger partial charge in [0.1, 0.15) is 0 Å². The second kappa shape index (κ2) is 7.86. The van der Waals surface area contributed by atoms with E-state index < -0.39 is 0 Å². The summed E-state index contributed by atoms with van der Waals surface area (Å²) in [5.74, 6) is -0.111.